The molecule has 136 valence electrons. The molecule has 1 aliphatic rings. The molecule has 1 aliphatic heterocycles. The molecule has 0 radical (unpaired) electrons. The fraction of sp³-hybridized carbons (Fsp3) is 0. The topological polar surface area (TPSA) is 16.8 Å². The van der Waals surface area contributed by atoms with Crippen molar-refractivity contribution < 1.29 is 4.65 Å². The summed E-state index contributed by atoms with van der Waals surface area (Å²) < 4.78 is 6.46. The molecule has 0 bridgehead atoms. The van der Waals surface area contributed by atoms with E-state index in [2.05, 4.69) is 34.0 Å². The Hall–Kier alpha value is -3.97. The Morgan fingerprint density at radius 1 is 0.690 bits per heavy atom. The molecule has 4 aromatic rings. The van der Waals surface area contributed by atoms with E-state index in [4.69, 9.17) is 11.2 Å². The molecule has 0 N–H and O–H groups in total. The molecule has 29 heavy (non-hydrogen) atoms. The molecule has 0 amide bonds. The van der Waals surface area contributed by atoms with Gasteiger partial charge in [-0.1, -0.05) is 66.7 Å². The van der Waals surface area contributed by atoms with E-state index in [-0.39, 0.29) is 6.92 Å². The summed E-state index contributed by atoms with van der Waals surface area (Å²) in [6, 6.07) is 34.3. The number of para-hydroxylation sites is 3. The van der Waals surface area contributed by atoms with Gasteiger partial charge in [0.2, 0.25) is 0 Å². The molecule has 0 spiro atoms. The lowest BCUT2D eigenvalue weighted by Gasteiger charge is -2.36. The van der Waals surface area contributed by atoms with Gasteiger partial charge in [-0.3, -0.25) is 0 Å². The monoisotopic (exact) mass is 372 g/mol. The van der Waals surface area contributed by atoms with Crippen LogP contribution in [0.2, 0.25) is 0 Å². The van der Waals surface area contributed by atoms with E-state index >= 15 is 0 Å². The third-order valence-corrected chi connectivity index (χ3v) is 5.14. The van der Waals surface area contributed by atoms with Gasteiger partial charge >= 0.3 is 6.92 Å². The highest BCUT2D eigenvalue weighted by Crippen LogP contribution is 2.37. The predicted octanol–water partition coefficient (Wildman–Crippen LogP) is 5.21. The van der Waals surface area contributed by atoms with Crippen LogP contribution in [0.25, 0.3) is 4.85 Å². The van der Waals surface area contributed by atoms with Crippen LogP contribution in [0, 0.1) is 6.57 Å². The highest BCUT2D eigenvalue weighted by atomic mass is 16.4. The number of rotatable bonds is 3. The highest BCUT2D eigenvalue weighted by molar-refractivity contribution is 6.84. The van der Waals surface area contributed by atoms with Gasteiger partial charge < -0.3 is 9.55 Å². The van der Waals surface area contributed by atoms with Gasteiger partial charge in [-0.05, 0) is 47.3 Å². The van der Waals surface area contributed by atoms with E-state index in [9.17, 15) is 0 Å². The number of hydrogen-bond donors (Lipinski definition) is 0. The normalized spacial score (nSPS) is 12.0. The van der Waals surface area contributed by atoms with Crippen molar-refractivity contribution in [1.29, 1.82) is 0 Å². The van der Waals surface area contributed by atoms with Crippen molar-refractivity contribution in [2.75, 3.05) is 4.90 Å². The Kier molecular flexibility index (Phi) is 4.27. The summed E-state index contributed by atoms with van der Waals surface area (Å²) in [6.45, 7) is 7.23. The number of hydrogen-bond acceptors (Lipinski definition) is 2. The summed E-state index contributed by atoms with van der Waals surface area (Å²) >= 11 is 0. The van der Waals surface area contributed by atoms with E-state index in [1.807, 2.05) is 78.9 Å². The first-order valence-corrected chi connectivity index (χ1v) is 9.52. The number of benzene rings is 4. The quantitative estimate of drug-likeness (QED) is 0.363. The Balaban J connectivity index is 1.73. The third-order valence-electron chi connectivity index (χ3n) is 5.14. The zero-order valence-corrected chi connectivity index (χ0v) is 15.7. The van der Waals surface area contributed by atoms with Crippen LogP contribution in [0.3, 0.4) is 0 Å². The van der Waals surface area contributed by atoms with Gasteiger partial charge in [0.05, 0.1) is 12.3 Å². The summed E-state index contributed by atoms with van der Waals surface area (Å²) in [5.74, 6) is 0.820. The molecule has 0 unspecified atom stereocenters. The molecular formula is C25H17BN2O. The molecule has 0 aromatic heterocycles. The second-order valence-corrected chi connectivity index (χ2v) is 6.90. The van der Waals surface area contributed by atoms with Crippen molar-refractivity contribution in [2.24, 2.45) is 0 Å². The molecule has 1 heterocycles. The van der Waals surface area contributed by atoms with Crippen LogP contribution >= 0.6 is 0 Å². The van der Waals surface area contributed by atoms with Crippen molar-refractivity contribution in [3.63, 3.8) is 0 Å². The first-order chi connectivity index (χ1) is 14.3. The van der Waals surface area contributed by atoms with E-state index in [0.717, 1.165) is 33.7 Å². The Morgan fingerprint density at radius 3 is 2.10 bits per heavy atom. The molecule has 0 saturated carbocycles. The Bertz CT molecular complexity index is 1200. The standard InChI is InChI=1S/C25H17BN2O/c1-27-19-16-17-23-25(18-19)28(20-10-4-2-5-11-20)24-15-9-8-14-22(24)26(23)29-21-12-6-3-7-13-21/h2-18H. The van der Waals surface area contributed by atoms with Crippen LogP contribution < -0.4 is 20.5 Å². The average Bonchev–Trinajstić information content (AvgIpc) is 2.80. The van der Waals surface area contributed by atoms with Gasteiger partial charge in [0.15, 0.2) is 5.69 Å². The zero-order valence-electron chi connectivity index (χ0n) is 15.7. The summed E-state index contributed by atoms with van der Waals surface area (Å²) in [4.78, 5) is 5.87. The molecule has 0 fully saturated rings. The first-order valence-electron chi connectivity index (χ1n) is 9.52. The molecule has 0 atom stereocenters. The molecule has 5 rings (SSSR count). The van der Waals surface area contributed by atoms with E-state index in [1.54, 1.807) is 0 Å². The third kappa shape index (κ3) is 3.03. The minimum Gasteiger partial charge on any atom is -0.551 e. The number of anilines is 3. The lowest BCUT2D eigenvalue weighted by Crippen LogP contribution is -2.53. The van der Waals surface area contributed by atoms with Crippen LogP contribution in [-0.2, 0) is 0 Å². The molecule has 4 heteroatoms. The van der Waals surface area contributed by atoms with E-state index < -0.39 is 0 Å². The maximum absolute atomic E-state index is 7.48. The van der Waals surface area contributed by atoms with Gasteiger partial charge in [-0.2, -0.15) is 0 Å². The van der Waals surface area contributed by atoms with Crippen molar-refractivity contribution in [1.82, 2.24) is 0 Å². The average molecular weight is 372 g/mol. The van der Waals surface area contributed by atoms with Crippen LogP contribution in [0.5, 0.6) is 5.75 Å². The fourth-order valence-electron chi connectivity index (χ4n) is 3.84. The Labute approximate surface area is 170 Å². The minimum atomic E-state index is -0.247. The summed E-state index contributed by atoms with van der Waals surface area (Å²) in [7, 11) is 0. The van der Waals surface area contributed by atoms with Gasteiger partial charge in [-0.25, -0.2) is 4.85 Å². The van der Waals surface area contributed by atoms with E-state index in [0.29, 0.717) is 5.69 Å². The van der Waals surface area contributed by atoms with Crippen LogP contribution in [-0.4, -0.2) is 6.92 Å². The van der Waals surface area contributed by atoms with Gasteiger partial charge in [0.1, 0.15) is 0 Å². The van der Waals surface area contributed by atoms with Crippen molar-refractivity contribution >= 4 is 40.6 Å². The minimum absolute atomic E-state index is 0.247. The van der Waals surface area contributed by atoms with Crippen molar-refractivity contribution in [3.05, 3.63) is 115 Å². The molecular weight excluding hydrogens is 355 g/mol. The second-order valence-electron chi connectivity index (χ2n) is 6.90. The van der Waals surface area contributed by atoms with Crippen molar-refractivity contribution in [2.45, 2.75) is 0 Å². The number of fused-ring (bicyclic) bond motifs is 2. The summed E-state index contributed by atoms with van der Waals surface area (Å²) in [5, 5.41) is 0. The predicted molar refractivity (Wildman–Crippen MR) is 119 cm³/mol. The van der Waals surface area contributed by atoms with Crippen LogP contribution in [0.1, 0.15) is 0 Å². The first kappa shape index (κ1) is 17.2. The highest BCUT2D eigenvalue weighted by Gasteiger charge is 2.37. The van der Waals surface area contributed by atoms with Crippen LogP contribution in [0.4, 0.5) is 22.7 Å². The lowest BCUT2D eigenvalue weighted by molar-refractivity contribution is 0.591. The maximum Gasteiger partial charge on any atom is 0.430 e. The van der Waals surface area contributed by atoms with Crippen molar-refractivity contribution in [3.8, 4) is 5.75 Å². The Morgan fingerprint density at radius 2 is 1.34 bits per heavy atom. The number of nitrogens with zero attached hydrogens (tertiary/aromatic N) is 2. The van der Waals surface area contributed by atoms with Gasteiger partial charge in [-0.15, -0.1) is 0 Å². The van der Waals surface area contributed by atoms with Gasteiger partial charge in [0, 0.05) is 17.1 Å². The molecule has 0 aliphatic carbocycles. The second kappa shape index (κ2) is 7.22. The fourth-order valence-corrected chi connectivity index (χ4v) is 3.84. The molecule has 4 aromatic carbocycles. The summed E-state index contributed by atoms with van der Waals surface area (Å²) in [6.07, 6.45) is 0. The summed E-state index contributed by atoms with van der Waals surface area (Å²) in [5.41, 5.74) is 5.86. The molecule has 3 nitrogen and oxygen atoms in total. The smallest absolute Gasteiger partial charge is 0.430 e. The largest absolute Gasteiger partial charge is 0.551 e. The maximum atomic E-state index is 7.48. The molecule has 0 saturated heterocycles. The SMILES string of the molecule is [C-]#[N+]c1ccc2c(c1)N(c1ccccc1)c1ccccc1B2Oc1ccccc1. The lowest BCUT2D eigenvalue weighted by atomic mass is 9.52. The van der Waals surface area contributed by atoms with Gasteiger partial charge in [0.25, 0.3) is 0 Å². The zero-order chi connectivity index (χ0) is 19.6. The van der Waals surface area contributed by atoms with E-state index in [1.165, 1.54) is 0 Å². The van der Waals surface area contributed by atoms with Crippen LogP contribution in [0.15, 0.2) is 103 Å².